The third-order valence-corrected chi connectivity index (χ3v) is 5.90. The van der Waals surface area contributed by atoms with E-state index in [1.54, 1.807) is 6.26 Å². The van der Waals surface area contributed by atoms with Crippen molar-refractivity contribution in [2.75, 3.05) is 24.6 Å². The third-order valence-electron chi connectivity index (χ3n) is 4.72. The smallest absolute Gasteiger partial charge is 0.117 e. The molecule has 1 aliphatic heterocycles. The lowest BCUT2D eigenvalue weighted by atomic mass is 9.69. The number of nitrogens with zero attached hydrogens (tertiary/aromatic N) is 1. The first kappa shape index (κ1) is 14.9. The molecule has 3 nitrogen and oxygen atoms in total. The van der Waals surface area contributed by atoms with E-state index in [2.05, 4.69) is 31.7 Å². The highest BCUT2D eigenvalue weighted by Crippen LogP contribution is 2.45. The van der Waals surface area contributed by atoms with Gasteiger partial charge in [0.1, 0.15) is 5.76 Å². The van der Waals surface area contributed by atoms with E-state index in [-0.39, 0.29) is 11.0 Å². The fourth-order valence-electron chi connectivity index (χ4n) is 3.14. The molecule has 1 aromatic heterocycles. The summed E-state index contributed by atoms with van der Waals surface area (Å²) in [6.07, 6.45) is 2.97. The van der Waals surface area contributed by atoms with Crippen LogP contribution in [0.2, 0.25) is 0 Å². The van der Waals surface area contributed by atoms with Crippen molar-refractivity contribution in [1.82, 2.24) is 4.90 Å². The summed E-state index contributed by atoms with van der Waals surface area (Å²) in [4.78, 5) is 2.51. The van der Waals surface area contributed by atoms with Gasteiger partial charge in [0.25, 0.3) is 0 Å². The first-order valence-electron chi connectivity index (χ1n) is 7.11. The third kappa shape index (κ3) is 2.71. The Balaban J connectivity index is 2.26. The summed E-state index contributed by atoms with van der Waals surface area (Å²) in [6.45, 7) is 9.51. The van der Waals surface area contributed by atoms with E-state index < -0.39 is 0 Å². The molecule has 2 rings (SSSR count). The van der Waals surface area contributed by atoms with Gasteiger partial charge in [0, 0.05) is 17.8 Å². The van der Waals surface area contributed by atoms with Crippen molar-refractivity contribution in [1.29, 1.82) is 0 Å². The zero-order valence-corrected chi connectivity index (χ0v) is 13.1. The van der Waals surface area contributed by atoms with Crippen LogP contribution in [0.1, 0.15) is 33.0 Å². The van der Waals surface area contributed by atoms with Crippen LogP contribution < -0.4 is 5.73 Å². The van der Waals surface area contributed by atoms with Gasteiger partial charge in [-0.05, 0) is 36.3 Å². The number of hydrogen-bond donors (Lipinski definition) is 1. The molecule has 0 radical (unpaired) electrons. The van der Waals surface area contributed by atoms with Gasteiger partial charge in [0.15, 0.2) is 0 Å². The van der Waals surface area contributed by atoms with Crippen LogP contribution in [0, 0.1) is 5.41 Å². The molecule has 0 aromatic carbocycles. The van der Waals surface area contributed by atoms with Gasteiger partial charge in [0.05, 0.1) is 12.8 Å². The molecule has 2 heterocycles. The highest BCUT2D eigenvalue weighted by molar-refractivity contribution is 7.99. The second-order valence-corrected chi connectivity index (χ2v) is 7.12. The van der Waals surface area contributed by atoms with E-state index in [0.29, 0.717) is 6.54 Å². The molecule has 0 aliphatic carbocycles. The van der Waals surface area contributed by atoms with Gasteiger partial charge in [0.2, 0.25) is 0 Å². The Hall–Kier alpha value is -0.450. The number of furan rings is 1. The lowest BCUT2D eigenvalue weighted by Gasteiger charge is -2.55. The van der Waals surface area contributed by atoms with Gasteiger partial charge in [-0.1, -0.05) is 20.8 Å². The minimum absolute atomic E-state index is 0.0669. The molecule has 1 aromatic rings. The highest BCUT2D eigenvalue weighted by atomic mass is 32.2. The zero-order valence-electron chi connectivity index (χ0n) is 12.3. The molecule has 0 spiro atoms. The van der Waals surface area contributed by atoms with Crippen LogP contribution in [-0.2, 0) is 6.54 Å². The van der Waals surface area contributed by atoms with Crippen molar-refractivity contribution in [3.63, 3.8) is 0 Å². The van der Waals surface area contributed by atoms with Crippen LogP contribution in [0.4, 0.5) is 0 Å². The van der Waals surface area contributed by atoms with Crippen LogP contribution in [0.3, 0.4) is 0 Å². The summed E-state index contributed by atoms with van der Waals surface area (Å²) >= 11 is 2.03. The maximum atomic E-state index is 6.23. The van der Waals surface area contributed by atoms with Gasteiger partial charge in [-0.2, -0.15) is 11.8 Å². The topological polar surface area (TPSA) is 42.4 Å². The van der Waals surface area contributed by atoms with E-state index >= 15 is 0 Å². The first-order valence-corrected chi connectivity index (χ1v) is 8.26. The van der Waals surface area contributed by atoms with E-state index in [4.69, 9.17) is 10.2 Å². The molecule has 1 unspecified atom stereocenters. The van der Waals surface area contributed by atoms with Crippen LogP contribution >= 0.6 is 11.8 Å². The molecule has 1 saturated heterocycles. The van der Waals surface area contributed by atoms with Crippen molar-refractivity contribution in [3.05, 3.63) is 24.2 Å². The second-order valence-electron chi connectivity index (χ2n) is 6.02. The molecule has 2 N–H and O–H groups in total. The zero-order chi connectivity index (χ0) is 13.9. The standard InChI is InChI=1S/C15H26N2OS/c1-4-17(10-13-6-5-8-18-13)15(11-16)12-19-9-7-14(15,2)3/h5-6,8H,4,7,9-12,16H2,1-3H3. The number of nitrogens with two attached hydrogens (primary N) is 1. The summed E-state index contributed by atoms with van der Waals surface area (Å²) in [6, 6.07) is 4.01. The lowest BCUT2D eigenvalue weighted by molar-refractivity contribution is -0.00502. The number of hydrogen-bond acceptors (Lipinski definition) is 4. The minimum atomic E-state index is 0.0669. The van der Waals surface area contributed by atoms with E-state index in [0.717, 1.165) is 24.6 Å². The maximum absolute atomic E-state index is 6.23. The summed E-state index contributed by atoms with van der Waals surface area (Å²) in [5, 5.41) is 0. The van der Waals surface area contributed by atoms with Crippen molar-refractivity contribution in [2.24, 2.45) is 11.1 Å². The molecular formula is C15H26N2OS. The fourth-order valence-corrected chi connectivity index (χ4v) is 4.96. The van der Waals surface area contributed by atoms with Gasteiger partial charge in [-0.15, -0.1) is 0 Å². The highest BCUT2D eigenvalue weighted by Gasteiger charge is 2.49. The Labute approximate surface area is 120 Å². The summed E-state index contributed by atoms with van der Waals surface area (Å²) in [5.74, 6) is 3.39. The van der Waals surface area contributed by atoms with E-state index in [1.165, 1.54) is 12.2 Å². The molecule has 1 aliphatic rings. The molecule has 0 bridgehead atoms. The Bertz CT molecular complexity index is 391. The first-order chi connectivity index (χ1) is 9.05. The average Bonchev–Trinajstić information content (AvgIpc) is 2.89. The Kier molecular flexibility index (Phi) is 4.64. The number of thioether (sulfide) groups is 1. The van der Waals surface area contributed by atoms with Crippen molar-refractivity contribution in [3.8, 4) is 0 Å². The number of rotatable bonds is 5. The second kappa shape index (κ2) is 5.90. The lowest BCUT2D eigenvalue weighted by Crippen LogP contribution is -2.65. The molecule has 1 fully saturated rings. The van der Waals surface area contributed by atoms with Crippen LogP contribution in [-0.4, -0.2) is 35.0 Å². The van der Waals surface area contributed by atoms with Crippen molar-refractivity contribution in [2.45, 2.75) is 39.3 Å². The monoisotopic (exact) mass is 282 g/mol. The average molecular weight is 282 g/mol. The molecule has 1 atom stereocenters. The molecular weight excluding hydrogens is 256 g/mol. The Morgan fingerprint density at radius 2 is 2.26 bits per heavy atom. The normalized spacial score (nSPS) is 26.8. The molecule has 0 amide bonds. The SMILES string of the molecule is CCN(Cc1ccco1)C1(CN)CSCCC1(C)C. The predicted molar refractivity (Wildman–Crippen MR) is 82.3 cm³/mol. The van der Waals surface area contributed by atoms with Gasteiger partial charge in [-0.3, -0.25) is 4.90 Å². The summed E-state index contributed by atoms with van der Waals surface area (Å²) in [7, 11) is 0. The van der Waals surface area contributed by atoms with Crippen molar-refractivity contribution < 1.29 is 4.42 Å². The van der Waals surface area contributed by atoms with E-state index in [1.807, 2.05) is 17.8 Å². The number of likely N-dealkylation sites (N-methyl/N-ethyl adjacent to an activating group) is 1. The molecule has 108 valence electrons. The van der Waals surface area contributed by atoms with Crippen LogP contribution in [0.5, 0.6) is 0 Å². The maximum Gasteiger partial charge on any atom is 0.117 e. The quantitative estimate of drug-likeness (QED) is 0.901. The molecule has 19 heavy (non-hydrogen) atoms. The molecule has 4 heteroatoms. The van der Waals surface area contributed by atoms with E-state index in [9.17, 15) is 0 Å². The largest absolute Gasteiger partial charge is 0.468 e. The van der Waals surface area contributed by atoms with Crippen molar-refractivity contribution >= 4 is 11.8 Å². The molecule has 0 saturated carbocycles. The Morgan fingerprint density at radius 3 is 2.79 bits per heavy atom. The van der Waals surface area contributed by atoms with Crippen LogP contribution in [0.15, 0.2) is 22.8 Å². The predicted octanol–water partition coefficient (Wildman–Crippen LogP) is 2.96. The Morgan fingerprint density at radius 1 is 1.47 bits per heavy atom. The van der Waals surface area contributed by atoms with Gasteiger partial charge >= 0.3 is 0 Å². The van der Waals surface area contributed by atoms with Gasteiger partial charge < -0.3 is 10.2 Å². The van der Waals surface area contributed by atoms with Crippen LogP contribution in [0.25, 0.3) is 0 Å². The summed E-state index contributed by atoms with van der Waals surface area (Å²) < 4.78 is 5.53. The fraction of sp³-hybridized carbons (Fsp3) is 0.733. The van der Waals surface area contributed by atoms with Gasteiger partial charge in [-0.25, -0.2) is 0 Å². The summed E-state index contributed by atoms with van der Waals surface area (Å²) in [5.41, 5.74) is 6.55. The minimum Gasteiger partial charge on any atom is -0.468 e.